The highest BCUT2D eigenvalue weighted by atomic mass is 16.3. The summed E-state index contributed by atoms with van der Waals surface area (Å²) in [5.41, 5.74) is 0.0283. The van der Waals surface area contributed by atoms with Crippen LogP contribution in [0.15, 0.2) is 0 Å². The highest BCUT2D eigenvalue weighted by Crippen LogP contribution is 2.24. The second-order valence-electron chi connectivity index (χ2n) is 6.74. The van der Waals surface area contributed by atoms with Gasteiger partial charge in [0.15, 0.2) is 0 Å². The monoisotopic (exact) mass is 241 g/mol. The second kappa shape index (κ2) is 6.75. The van der Waals surface area contributed by atoms with Crippen molar-refractivity contribution in [2.24, 2.45) is 11.3 Å². The number of likely N-dealkylation sites (tertiary alicyclic amines) is 1. The topological polar surface area (TPSA) is 23.5 Å². The van der Waals surface area contributed by atoms with Crippen LogP contribution in [0.4, 0.5) is 0 Å². The lowest BCUT2D eigenvalue weighted by Gasteiger charge is -2.34. The maximum absolute atomic E-state index is 10.0. The van der Waals surface area contributed by atoms with Gasteiger partial charge in [0.1, 0.15) is 0 Å². The van der Waals surface area contributed by atoms with Crippen LogP contribution in [0, 0.1) is 11.3 Å². The molecule has 0 aliphatic carbocycles. The Kier molecular flexibility index (Phi) is 5.94. The van der Waals surface area contributed by atoms with Crippen LogP contribution in [0.5, 0.6) is 0 Å². The standard InChI is InChI=1S/C15H31NO/c1-5-6-13-7-10-16(11-8-13)12-9-14(17)15(2,3)4/h13-14,17H,5-12H2,1-4H3. The minimum absolute atomic E-state index is 0.0283. The van der Waals surface area contributed by atoms with Crippen LogP contribution in [-0.4, -0.2) is 35.7 Å². The molecule has 17 heavy (non-hydrogen) atoms. The Morgan fingerprint density at radius 3 is 2.29 bits per heavy atom. The molecule has 0 aromatic rings. The molecule has 0 radical (unpaired) electrons. The van der Waals surface area contributed by atoms with Gasteiger partial charge in [-0.25, -0.2) is 0 Å². The largest absolute Gasteiger partial charge is 0.393 e. The molecule has 2 heteroatoms. The molecule has 0 bridgehead atoms. The first-order chi connectivity index (χ1) is 7.93. The second-order valence-corrected chi connectivity index (χ2v) is 6.74. The molecule has 1 N–H and O–H groups in total. The summed E-state index contributed by atoms with van der Waals surface area (Å²) in [6.45, 7) is 12.2. The third-order valence-electron chi connectivity index (χ3n) is 4.12. The first-order valence-corrected chi connectivity index (χ1v) is 7.34. The molecule has 0 saturated carbocycles. The maximum atomic E-state index is 10.0. The van der Waals surface area contributed by atoms with E-state index in [1.165, 1.54) is 38.8 Å². The molecule has 1 saturated heterocycles. The Morgan fingerprint density at radius 1 is 1.24 bits per heavy atom. The van der Waals surface area contributed by atoms with Crippen molar-refractivity contribution in [1.29, 1.82) is 0 Å². The molecule has 1 aliphatic rings. The zero-order valence-electron chi connectivity index (χ0n) is 12.2. The van der Waals surface area contributed by atoms with Gasteiger partial charge in [0.2, 0.25) is 0 Å². The molecule has 1 rings (SSSR count). The summed E-state index contributed by atoms with van der Waals surface area (Å²) in [4.78, 5) is 2.53. The lowest BCUT2D eigenvalue weighted by atomic mass is 9.87. The van der Waals surface area contributed by atoms with Gasteiger partial charge < -0.3 is 10.0 Å². The number of nitrogens with zero attached hydrogens (tertiary/aromatic N) is 1. The molecular formula is C15H31NO. The van der Waals surface area contributed by atoms with Crippen LogP contribution >= 0.6 is 0 Å². The number of aliphatic hydroxyl groups excluding tert-OH is 1. The van der Waals surface area contributed by atoms with E-state index in [-0.39, 0.29) is 11.5 Å². The normalized spacial score (nSPS) is 21.7. The highest BCUT2D eigenvalue weighted by molar-refractivity contribution is 4.77. The Bertz CT molecular complexity index is 201. The Morgan fingerprint density at radius 2 is 1.82 bits per heavy atom. The molecule has 2 nitrogen and oxygen atoms in total. The first-order valence-electron chi connectivity index (χ1n) is 7.34. The van der Waals surface area contributed by atoms with E-state index in [9.17, 15) is 5.11 Å². The summed E-state index contributed by atoms with van der Waals surface area (Å²) in [6.07, 6.45) is 6.20. The molecule has 1 unspecified atom stereocenters. The molecule has 1 aliphatic heterocycles. The van der Waals surface area contributed by atoms with Crippen molar-refractivity contribution < 1.29 is 5.11 Å². The number of piperidine rings is 1. The summed E-state index contributed by atoms with van der Waals surface area (Å²) in [7, 11) is 0. The van der Waals surface area contributed by atoms with Gasteiger partial charge in [-0.3, -0.25) is 0 Å². The van der Waals surface area contributed by atoms with Crippen molar-refractivity contribution in [3.8, 4) is 0 Å². The summed E-state index contributed by atoms with van der Waals surface area (Å²) in [6, 6.07) is 0. The molecule has 0 aromatic heterocycles. The van der Waals surface area contributed by atoms with Gasteiger partial charge in [0.05, 0.1) is 6.10 Å². The molecule has 1 heterocycles. The maximum Gasteiger partial charge on any atom is 0.0600 e. The third kappa shape index (κ3) is 5.39. The minimum atomic E-state index is -0.170. The predicted octanol–water partition coefficient (Wildman–Crippen LogP) is 3.30. The van der Waals surface area contributed by atoms with Gasteiger partial charge in [-0.05, 0) is 43.7 Å². The van der Waals surface area contributed by atoms with E-state index in [0.717, 1.165) is 18.9 Å². The van der Waals surface area contributed by atoms with E-state index >= 15 is 0 Å². The quantitative estimate of drug-likeness (QED) is 0.798. The van der Waals surface area contributed by atoms with Crippen LogP contribution in [0.2, 0.25) is 0 Å². The zero-order valence-corrected chi connectivity index (χ0v) is 12.2. The number of hydrogen-bond acceptors (Lipinski definition) is 2. The average molecular weight is 241 g/mol. The predicted molar refractivity (Wildman–Crippen MR) is 74.2 cm³/mol. The fraction of sp³-hybridized carbons (Fsp3) is 1.00. The van der Waals surface area contributed by atoms with Gasteiger partial charge in [0, 0.05) is 6.54 Å². The van der Waals surface area contributed by atoms with Crippen molar-refractivity contribution in [2.45, 2.75) is 65.9 Å². The van der Waals surface area contributed by atoms with Crippen LogP contribution in [0.1, 0.15) is 59.8 Å². The van der Waals surface area contributed by atoms with Crippen molar-refractivity contribution in [2.75, 3.05) is 19.6 Å². The van der Waals surface area contributed by atoms with Crippen LogP contribution in [0.25, 0.3) is 0 Å². The Labute approximate surface area is 107 Å². The first kappa shape index (κ1) is 15.0. The SMILES string of the molecule is CCCC1CCN(CCC(O)C(C)(C)C)CC1. The average Bonchev–Trinajstić information content (AvgIpc) is 2.27. The molecular weight excluding hydrogens is 210 g/mol. The highest BCUT2D eigenvalue weighted by Gasteiger charge is 2.24. The summed E-state index contributed by atoms with van der Waals surface area (Å²) in [5.74, 6) is 0.962. The number of hydrogen-bond donors (Lipinski definition) is 1. The number of rotatable bonds is 5. The van der Waals surface area contributed by atoms with Crippen LogP contribution < -0.4 is 0 Å². The lowest BCUT2D eigenvalue weighted by molar-refractivity contribution is 0.0414. The molecule has 1 atom stereocenters. The van der Waals surface area contributed by atoms with Gasteiger partial charge in [0.25, 0.3) is 0 Å². The Balaban J connectivity index is 2.18. The van der Waals surface area contributed by atoms with Crippen LogP contribution in [0.3, 0.4) is 0 Å². The lowest BCUT2D eigenvalue weighted by Crippen LogP contribution is -2.37. The minimum Gasteiger partial charge on any atom is -0.393 e. The van der Waals surface area contributed by atoms with Gasteiger partial charge >= 0.3 is 0 Å². The van der Waals surface area contributed by atoms with E-state index in [4.69, 9.17) is 0 Å². The molecule has 1 fully saturated rings. The van der Waals surface area contributed by atoms with Crippen molar-refractivity contribution >= 4 is 0 Å². The Hall–Kier alpha value is -0.0800. The van der Waals surface area contributed by atoms with E-state index < -0.39 is 0 Å². The zero-order chi connectivity index (χ0) is 12.9. The summed E-state index contributed by atoms with van der Waals surface area (Å²) < 4.78 is 0. The fourth-order valence-corrected chi connectivity index (χ4v) is 2.64. The van der Waals surface area contributed by atoms with E-state index in [2.05, 4.69) is 32.6 Å². The van der Waals surface area contributed by atoms with Gasteiger partial charge in [-0.15, -0.1) is 0 Å². The summed E-state index contributed by atoms with van der Waals surface area (Å²) >= 11 is 0. The van der Waals surface area contributed by atoms with Crippen molar-refractivity contribution in [3.63, 3.8) is 0 Å². The fourth-order valence-electron chi connectivity index (χ4n) is 2.64. The summed E-state index contributed by atoms with van der Waals surface area (Å²) in [5, 5.41) is 10.0. The molecule has 102 valence electrons. The molecule has 0 aromatic carbocycles. The van der Waals surface area contributed by atoms with E-state index in [1.807, 2.05) is 0 Å². The van der Waals surface area contributed by atoms with Crippen molar-refractivity contribution in [3.05, 3.63) is 0 Å². The third-order valence-corrected chi connectivity index (χ3v) is 4.12. The van der Waals surface area contributed by atoms with Gasteiger partial charge in [-0.1, -0.05) is 40.5 Å². The molecule has 0 amide bonds. The van der Waals surface area contributed by atoms with E-state index in [0.29, 0.717) is 0 Å². The van der Waals surface area contributed by atoms with Crippen LogP contribution in [-0.2, 0) is 0 Å². The van der Waals surface area contributed by atoms with Crippen molar-refractivity contribution in [1.82, 2.24) is 4.90 Å². The number of aliphatic hydroxyl groups is 1. The van der Waals surface area contributed by atoms with E-state index in [1.54, 1.807) is 0 Å². The molecule has 0 spiro atoms. The smallest absolute Gasteiger partial charge is 0.0600 e. The van der Waals surface area contributed by atoms with Gasteiger partial charge in [-0.2, -0.15) is 0 Å².